The van der Waals surface area contributed by atoms with Crippen LogP contribution in [-0.2, 0) is 11.2 Å². The quantitative estimate of drug-likeness (QED) is 0.171. The summed E-state index contributed by atoms with van der Waals surface area (Å²) in [6.07, 6.45) is 19.6. The van der Waals surface area contributed by atoms with Gasteiger partial charge in [-0.3, -0.25) is 4.90 Å². The molecule has 2 saturated carbocycles. The first-order chi connectivity index (χ1) is 28.2. The zero-order valence-corrected chi connectivity index (χ0v) is 35.0. The van der Waals surface area contributed by atoms with Gasteiger partial charge in [-0.25, -0.2) is 0 Å². The van der Waals surface area contributed by atoms with Crippen LogP contribution in [0.1, 0.15) is 144 Å². The summed E-state index contributed by atoms with van der Waals surface area (Å²) in [5, 5.41) is 5.17. The van der Waals surface area contributed by atoms with Gasteiger partial charge in [0.1, 0.15) is 11.3 Å². The van der Waals surface area contributed by atoms with Crippen molar-refractivity contribution >= 4 is 45.4 Å². The molecule has 1 spiro atoms. The van der Waals surface area contributed by atoms with Crippen LogP contribution >= 0.6 is 0 Å². The molecule has 0 radical (unpaired) electrons. The summed E-state index contributed by atoms with van der Waals surface area (Å²) in [6, 6.07) is 35.3. The Bertz CT molecular complexity index is 2590. The molecule has 4 aliphatic heterocycles. The Hall–Kier alpha value is -5.03. The number of benzene rings is 5. The summed E-state index contributed by atoms with van der Waals surface area (Å²) in [7, 11) is 0. The van der Waals surface area contributed by atoms with E-state index >= 15 is 0 Å². The molecular weight excluding hydrogens is 709 g/mol. The highest BCUT2D eigenvalue weighted by atomic mass is 16.5. The van der Waals surface area contributed by atoms with Crippen molar-refractivity contribution < 1.29 is 13.9 Å². The van der Waals surface area contributed by atoms with Crippen LogP contribution in [0.5, 0.6) is 5.75 Å². The number of allylic oxidation sites excluding steroid dienone is 1. The average molecular weight is 767 g/mol. The lowest BCUT2D eigenvalue weighted by atomic mass is 9.83. The first kappa shape index (κ1) is 36.1. The molecule has 5 nitrogen and oxygen atoms in total. The van der Waals surface area contributed by atoms with E-state index in [-0.39, 0.29) is 17.6 Å². The van der Waals surface area contributed by atoms with Crippen LogP contribution in [0, 0.1) is 0 Å². The Kier molecular flexibility index (Phi) is 8.40. The summed E-state index contributed by atoms with van der Waals surface area (Å²) in [5.74, 6) is 0.729. The standard InChI is InChI=1S/C53H58N4O/c1-34(2)46-42-24-16-15-19-36(42)30-44-48-51(58-50(44)46)49-47-43-27-26-39(52(3,4)5)29-37(43)25-28-45(47)53(57(49)33-54-48)55(40-20-11-7-12-21-40)31-38(35-17-9-6-10-18-35)32-56(53)41-22-13-8-14-23-41/h6,9-10,15-19,24-34,40-41,48,51H,7-8,11-14,20-23H2,1-5H3/q+2. The maximum Gasteiger partial charge on any atom is 0.417 e. The lowest BCUT2D eigenvalue weighted by Gasteiger charge is -2.46. The van der Waals surface area contributed by atoms with Crippen LogP contribution in [0.25, 0.3) is 27.1 Å². The molecule has 0 saturated heterocycles. The lowest BCUT2D eigenvalue weighted by Crippen LogP contribution is -2.65. The number of fused-ring (bicyclic) bond motifs is 11. The smallest absolute Gasteiger partial charge is 0.417 e. The molecule has 0 bridgehead atoms. The summed E-state index contributed by atoms with van der Waals surface area (Å²) in [4.78, 5) is 8.49. The van der Waals surface area contributed by atoms with E-state index in [1.165, 1.54) is 130 Å². The van der Waals surface area contributed by atoms with Gasteiger partial charge in [0.05, 0.1) is 5.57 Å². The molecule has 5 heteroatoms. The van der Waals surface area contributed by atoms with Crippen LogP contribution in [0.4, 0.5) is 0 Å². The maximum absolute atomic E-state index is 7.54. The molecule has 0 aromatic heterocycles. The highest BCUT2D eigenvalue weighted by Crippen LogP contribution is 2.54. The Morgan fingerprint density at radius 3 is 2.26 bits per heavy atom. The van der Waals surface area contributed by atoms with E-state index in [1.54, 1.807) is 0 Å². The van der Waals surface area contributed by atoms with Crippen molar-refractivity contribution in [3.63, 3.8) is 0 Å². The number of hydrogen-bond acceptors (Lipinski definition) is 3. The predicted molar refractivity (Wildman–Crippen MR) is 239 cm³/mol. The summed E-state index contributed by atoms with van der Waals surface area (Å²) in [6.45, 7) is 11.6. The van der Waals surface area contributed by atoms with E-state index in [1.807, 2.05) is 0 Å². The molecule has 3 atom stereocenters. The van der Waals surface area contributed by atoms with Gasteiger partial charge in [-0.05, 0) is 81.8 Å². The first-order valence-electron chi connectivity index (χ1n) is 22.4. The van der Waals surface area contributed by atoms with Gasteiger partial charge in [-0.15, -0.1) is 4.58 Å². The number of hydrogen-bond donors (Lipinski definition) is 0. The molecule has 294 valence electrons. The molecular formula is C53H58N4O+2. The van der Waals surface area contributed by atoms with Crippen molar-refractivity contribution in [1.82, 2.24) is 4.90 Å². The van der Waals surface area contributed by atoms with Crippen LogP contribution < -0.4 is 4.74 Å². The third-order valence-corrected chi connectivity index (χ3v) is 14.5. The minimum absolute atomic E-state index is 0.0498. The molecule has 4 heterocycles. The fourth-order valence-corrected chi connectivity index (χ4v) is 11.7. The zero-order chi connectivity index (χ0) is 39.3. The molecule has 0 amide bonds. The molecule has 11 rings (SSSR count). The van der Waals surface area contributed by atoms with Gasteiger partial charge in [-0.2, -0.15) is 4.58 Å². The fourth-order valence-electron chi connectivity index (χ4n) is 11.7. The van der Waals surface area contributed by atoms with Gasteiger partial charge in [0, 0.05) is 41.8 Å². The topological polar surface area (TPSA) is 30.8 Å². The van der Waals surface area contributed by atoms with Gasteiger partial charge in [-0.1, -0.05) is 144 Å². The number of rotatable bonds is 4. The summed E-state index contributed by atoms with van der Waals surface area (Å²) >= 11 is 0. The predicted octanol–water partition coefficient (Wildman–Crippen LogP) is 12.0. The van der Waals surface area contributed by atoms with E-state index in [2.05, 4.69) is 158 Å². The van der Waals surface area contributed by atoms with Crippen LogP contribution in [0.15, 0.2) is 102 Å². The van der Waals surface area contributed by atoms with Gasteiger partial charge in [0.15, 0.2) is 18.0 Å². The first-order valence-corrected chi connectivity index (χ1v) is 22.4. The molecule has 0 N–H and O–H groups in total. The Balaban J connectivity index is 1.22. The third kappa shape index (κ3) is 5.30. The highest BCUT2D eigenvalue weighted by Gasteiger charge is 2.69. The normalized spacial score (nSPS) is 24.6. The second-order valence-electron chi connectivity index (χ2n) is 19.4. The van der Waals surface area contributed by atoms with Crippen molar-refractivity contribution in [2.45, 2.75) is 140 Å². The van der Waals surface area contributed by atoms with Crippen LogP contribution in [0.3, 0.4) is 0 Å². The van der Waals surface area contributed by atoms with Crippen molar-refractivity contribution in [2.24, 2.45) is 4.99 Å². The van der Waals surface area contributed by atoms with Gasteiger partial charge >= 0.3 is 5.79 Å². The highest BCUT2D eigenvalue weighted by molar-refractivity contribution is 6.16. The molecule has 2 fully saturated rings. The minimum Gasteiger partial charge on any atom is -0.476 e. The number of aliphatic imine (C=N–C) groups is 1. The Labute approximate surface area is 344 Å². The average Bonchev–Trinajstić information content (AvgIpc) is 3.76. The van der Waals surface area contributed by atoms with E-state index in [4.69, 9.17) is 9.73 Å². The van der Waals surface area contributed by atoms with Gasteiger partial charge < -0.3 is 4.74 Å². The second-order valence-corrected chi connectivity index (χ2v) is 19.4. The monoisotopic (exact) mass is 766 g/mol. The molecule has 2 aliphatic carbocycles. The molecule has 5 aromatic carbocycles. The van der Waals surface area contributed by atoms with E-state index in [0.29, 0.717) is 18.0 Å². The number of nitrogens with zero attached hydrogens (tertiary/aromatic N) is 4. The van der Waals surface area contributed by atoms with Crippen molar-refractivity contribution in [2.75, 3.05) is 0 Å². The SMILES string of the molecule is CC(C)c1c2c(cc3ccccc13)C1N=C[N+]3=C(c4c(ccc5cc(C(C)(C)C)ccc45)C34N(C3CCCCC3)C=C(c3ccccc3)C=[N+]4C3CCCCC3)C1O2. The van der Waals surface area contributed by atoms with E-state index in [9.17, 15) is 0 Å². The Morgan fingerprint density at radius 2 is 1.50 bits per heavy atom. The van der Waals surface area contributed by atoms with Crippen molar-refractivity contribution in [1.29, 1.82) is 0 Å². The largest absolute Gasteiger partial charge is 0.476 e. The van der Waals surface area contributed by atoms with Gasteiger partial charge in [0.25, 0.3) is 6.34 Å². The molecule has 6 aliphatic rings. The Morgan fingerprint density at radius 1 is 0.776 bits per heavy atom. The fraction of sp³-hybridized carbons (Fsp3) is 0.415. The van der Waals surface area contributed by atoms with E-state index < -0.39 is 5.79 Å². The minimum atomic E-state index is -0.623. The van der Waals surface area contributed by atoms with Crippen LogP contribution in [-0.4, -0.2) is 50.5 Å². The zero-order valence-electron chi connectivity index (χ0n) is 35.0. The lowest BCUT2D eigenvalue weighted by molar-refractivity contribution is -0.840. The summed E-state index contributed by atoms with van der Waals surface area (Å²) in [5.41, 5.74) is 10.5. The third-order valence-electron chi connectivity index (χ3n) is 14.5. The second kappa shape index (κ2) is 13.5. The molecule has 58 heavy (non-hydrogen) atoms. The number of ether oxygens (including phenoxy) is 1. The molecule has 5 aromatic rings. The maximum atomic E-state index is 7.54. The van der Waals surface area contributed by atoms with Crippen molar-refractivity contribution in [3.8, 4) is 5.75 Å². The van der Waals surface area contributed by atoms with E-state index in [0.717, 1.165) is 5.75 Å². The van der Waals surface area contributed by atoms with Crippen molar-refractivity contribution in [3.05, 3.63) is 131 Å². The summed E-state index contributed by atoms with van der Waals surface area (Å²) < 4.78 is 13.0. The van der Waals surface area contributed by atoms with Gasteiger partial charge in [0.2, 0.25) is 12.1 Å². The molecule has 3 unspecified atom stereocenters. The van der Waals surface area contributed by atoms with Crippen LogP contribution in [0.2, 0.25) is 0 Å².